The molecule has 3 atom stereocenters. The molecule has 0 saturated carbocycles. The monoisotopic (exact) mass is 240 g/mol. The Balaban J connectivity index is 2.35. The maximum atomic E-state index is 11.9. The van der Waals surface area contributed by atoms with Crippen molar-refractivity contribution in [1.29, 1.82) is 0 Å². The highest BCUT2D eigenvalue weighted by molar-refractivity contribution is 5.78. The van der Waals surface area contributed by atoms with Gasteiger partial charge in [0.1, 0.15) is 0 Å². The van der Waals surface area contributed by atoms with Crippen molar-refractivity contribution in [3.8, 4) is 0 Å². The van der Waals surface area contributed by atoms with Gasteiger partial charge in [0, 0.05) is 19.1 Å². The lowest BCUT2D eigenvalue weighted by Gasteiger charge is -2.34. The molecule has 1 fully saturated rings. The van der Waals surface area contributed by atoms with E-state index in [4.69, 9.17) is 0 Å². The van der Waals surface area contributed by atoms with Crippen molar-refractivity contribution in [1.82, 2.24) is 10.2 Å². The molecule has 0 radical (unpaired) electrons. The standard InChI is InChI=1S/C14H28N2O/c1-10(2)13(5)15-14(17)9-16-7-11(3)6-12(4)8-16/h10-13H,6-9H2,1-5H3,(H,15,17). The van der Waals surface area contributed by atoms with E-state index < -0.39 is 0 Å². The molecule has 3 nitrogen and oxygen atoms in total. The van der Waals surface area contributed by atoms with E-state index in [-0.39, 0.29) is 11.9 Å². The second-order valence-corrected chi connectivity index (χ2v) is 6.24. The molecular formula is C14H28N2O. The minimum absolute atomic E-state index is 0.174. The van der Waals surface area contributed by atoms with E-state index in [1.54, 1.807) is 0 Å². The van der Waals surface area contributed by atoms with E-state index in [9.17, 15) is 4.79 Å². The van der Waals surface area contributed by atoms with Gasteiger partial charge in [-0.25, -0.2) is 0 Å². The van der Waals surface area contributed by atoms with Crippen LogP contribution < -0.4 is 5.32 Å². The first-order valence-corrected chi connectivity index (χ1v) is 6.90. The summed E-state index contributed by atoms with van der Waals surface area (Å²) in [5.74, 6) is 2.11. The van der Waals surface area contributed by atoms with Gasteiger partial charge >= 0.3 is 0 Å². The third-order valence-corrected chi connectivity index (χ3v) is 3.70. The van der Waals surface area contributed by atoms with E-state index in [2.05, 4.69) is 44.8 Å². The number of likely N-dealkylation sites (tertiary alicyclic amines) is 1. The summed E-state index contributed by atoms with van der Waals surface area (Å²) in [4.78, 5) is 14.2. The molecule has 1 saturated heterocycles. The molecule has 100 valence electrons. The third-order valence-electron chi connectivity index (χ3n) is 3.70. The van der Waals surface area contributed by atoms with Gasteiger partial charge in [-0.15, -0.1) is 0 Å². The molecule has 0 bridgehead atoms. The van der Waals surface area contributed by atoms with Gasteiger partial charge in [0.25, 0.3) is 0 Å². The smallest absolute Gasteiger partial charge is 0.234 e. The van der Waals surface area contributed by atoms with Crippen LogP contribution in [-0.2, 0) is 4.79 Å². The highest BCUT2D eigenvalue weighted by Gasteiger charge is 2.23. The van der Waals surface area contributed by atoms with E-state index in [0.29, 0.717) is 24.3 Å². The minimum Gasteiger partial charge on any atom is -0.352 e. The van der Waals surface area contributed by atoms with Gasteiger partial charge in [-0.05, 0) is 31.1 Å². The summed E-state index contributed by atoms with van der Waals surface area (Å²) in [7, 11) is 0. The van der Waals surface area contributed by atoms with Crippen LogP contribution in [0.25, 0.3) is 0 Å². The number of hydrogen-bond donors (Lipinski definition) is 1. The molecule has 1 aliphatic heterocycles. The van der Waals surface area contributed by atoms with Gasteiger partial charge < -0.3 is 5.32 Å². The fraction of sp³-hybridized carbons (Fsp3) is 0.929. The molecule has 0 aromatic rings. The number of carbonyl (C=O) groups is 1. The Hall–Kier alpha value is -0.570. The molecule has 1 heterocycles. The molecule has 0 aromatic carbocycles. The van der Waals surface area contributed by atoms with Crippen molar-refractivity contribution in [2.75, 3.05) is 19.6 Å². The number of nitrogens with zero attached hydrogens (tertiary/aromatic N) is 1. The zero-order valence-electron chi connectivity index (χ0n) is 12.0. The van der Waals surface area contributed by atoms with Crippen molar-refractivity contribution < 1.29 is 4.79 Å². The molecule has 3 unspecified atom stereocenters. The van der Waals surface area contributed by atoms with Crippen molar-refractivity contribution in [3.63, 3.8) is 0 Å². The Morgan fingerprint density at radius 3 is 2.24 bits per heavy atom. The summed E-state index contributed by atoms with van der Waals surface area (Å²) >= 11 is 0. The fourth-order valence-corrected chi connectivity index (χ4v) is 2.59. The van der Waals surface area contributed by atoms with Crippen molar-refractivity contribution in [2.45, 2.75) is 47.1 Å². The second kappa shape index (κ2) is 6.39. The van der Waals surface area contributed by atoms with Crippen molar-refractivity contribution in [3.05, 3.63) is 0 Å². The predicted octanol–water partition coefficient (Wildman–Crippen LogP) is 2.12. The molecule has 3 heteroatoms. The number of rotatable bonds is 4. The minimum atomic E-state index is 0.174. The molecule has 1 rings (SSSR count). The van der Waals surface area contributed by atoms with Crippen LogP contribution >= 0.6 is 0 Å². The van der Waals surface area contributed by atoms with Crippen LogP contribution in [0.3, 0.4) is 0 Å². The molecular weight excluding hydrogens is 212 g/mol. The summed E-state index contributed by atoms with van der Waals surface area (Å²) in [5.41, 5.74) is 0. The SMILES string of the molecule is CC1CC(C)CN(CC(=O)NC(C)C(C)C)C1. The normalized spacial score (nSPS) is 28.1. The molecule has 0 aliphatic carbocycles. The van der Waals surface area contributed by atoms with Crippen LogP contribution in [0.5, 0.6) is 0 Å². The number of nitrogens with one attached hydrogen (secondary N) is 1. The summed E-state index contributed by atoms with van der Waals surface area (Å²) < 4.78 is 0. The molecule has 17 heavy (non-hydrogen) atoms. The Morgan fingerprint density at radius 2 is 1.76 bits per heavy atom. The molecule has 0 spiro atoms. The Morgan fingerprint density at radius 1 is 1.24 bits per heavy atom. The van der Waals surface area contributed by atoms with Crippen LogP contribution in [0.4, 0.5) is 0 Å². The highest BCUT2D eigenvalue weighted by Crippen LogP contribution is 2.20. The van der Waals surface area contributed by atoms with E-state index >= 15 is 0 Å². The maximum absolute atomic E-state index is 11.9. The average Bonchev–Trinajstić information content (AvgIpc) is 2.14. The van der Waals surface area contributed by atoms with Gasteiger partial charge in [-0.2, -0.15) is 0 Å². The maximum Gasteiger partial charge on any atom is 0.234 e. The Kier molecular flexibility index (Phi) is 5.44. The largest absolute Gasteiger partial charge is 0.352 e. The van der Waals surface area contributed by atoms with Crippen LogP contribution in [0.1, 0.15) is 41.0 Å². The third kappa shape index (κ3) is 5.07. The van der Waals surface area contributed by atoms with Gasteiger partial charge in [-0.3, -0.25) is 9.69 Å². The summed E-state index contributed by atoms with van der Waals surface area (Å²) in [6.07, 6.45) is 1.29. The highest BCUT2D eigenvalue weighted by atomic mass is 16.2. The summed E-state index contributed by atoms with van der Waals surface area (Å²) in [6.45, 7) is 13.6. The second-order valence-electron chi connectivity index (χ2n) is 6.24. The lowest BCUT2D eigenvalue weighted by molar-refractivity contribution is -0.123. The first-order valence-electron chi connectivity index (χ1n) is 6.90. The number of hydrogen-bond acceptors (Lipinski definition) is 2. The molecule has 1 amide bonds. The Bertz CT molecular complexity index is 243. The first kappa shape index (κ1) is 14.5. The zero-order chi connectivity index (χ0) is 13.0. The first-order chi connectivity index (χ1) is 7.88. The van der Waals surface area contributed by atoms with Gasteiger partial charge in [-0.1, -0.05) is 27.7 Å². The zero-order valence-corrected chi connectivity index (χ0v) is 12.0. The van der Waals surface area contributed by atoms with Gasteiger partial charge in [0.15, 0.2) is 0 Å². The van der Waals surface area contributed by atoms with Crippen molar-refractivity contribution >= 4 is 5.91 Å². The average molecular weight is 240 g/mol. The van der Waals surface area contributed by atoms with Gasteiger partial charge in [0.2, 0.25) is 5.91 Å². The van der Waals surface area contributed by atoms with Gasteiger partial charge in [0.05, 0.1) is 6.54 Å². The lowest BCUT2D eigenvalue weighted by Crippen LogP contribution is -2.47. The van der Waals surface area contributed by atoms with Crippen LogP contribution in [0, 0.1) is 17.8 Å². The number of carbonyl (C=O) groups excluding carboxylic acids is 1. The van der Waals surface area contributed by atoms with E-state index in [1.807, 2.05) is 0 Å². The summed E-state index contributed by atoms with van der Waals surface area (Å²) in [6, 6.07) is 0.266. The Labute approximate surface area is 106 Å². The van der Waals surface area contributed by atoms with Crippen LogP contribution in [-0.4, -0.2) is 36.5 Å². The topological polar surface area (TPSA) is 32.3 Å². The number of piperidine rings is 1. The molecule has 0 aromatic heterocycles. The number of amides is 1. The van der Waals surface area contributed by atoms with E-state index in [1.165, 1.54) is 6.42 Å². The van der Waals surface area contributed by atoms with Crippen LogP contribution in [0.15, 0.2) is 0 Å². The van der Waals surface area contributed by atoms with Crippen molar-refractivity contribution in [2.24, 2.45) is 17.8 Å². The summed E-state index contributed by atoms with van der Waals surface area (Å²) in [5, 5.41) is 3.08. The molecule has 1 N–H and O–H groups in total. The lowest BCUT2D eigenvalue weighted by atomic mass is 9.92. The van der Waals surface area contributed by atoms with Crippen LogP contribution in [0.2, 0.25) is 0 Å². The molecule has 1 aliphatic rings. The van der Waals surface area contributed by atoms with E-state index in [0.717, 1.165) is 13.1 Å². The quantitative estimate of drug-likeness (QED) is 0.816. The fourth-order valence-electron chi connectivity index (χ4n) is 2.59. The predicted molar refractivity (Wildman–Crippen MR) is 71.8 cm³/mol.